The fourth-order valence-corrected chi connectivity index (χ4v) is 0.695. The van der Waals surface area contributed by atoms with Crippen molar-refractivity contribution in [3.8, 4) is 0 Å². The molecule has 0 aliphatic heterocycles. The third-order valence-electron chi connectivity index (χ3n) is 1.25. The lowest BCUT2D eigenvalue weighted by Crippen LogP contribution is -1.50. The average Bonchev–Trinajstić information content (AvgIpc) is 2.44. The van der Waals surface area contributed by atoms with Crippen molar-refractivity contribution in [2.45, 2.75) is 32.6 Å². The van der Waals surface area contributed by atoms with Crippen molar-refractivity contribution >= 4 is 0 Å². The smallest absolute Gasteiger partial charge is 0.0751 e. The molecule has 0 amide bonds. The summed E-state index contributed by atoms with van der Waals surface area (Å²) in [6.07, 6.45) is 12.1. The van der Waals surface area contributed by atoms with Gasteiger partial charge in [0.05, 0.1) is 6.26 Å². The highest BCUT2D eigenvalue weighted by Crippen LogP contribution is 2.05. The van der Waals surface area contributed by atoms with E-state index < -0.39 is 0 Å². The van der Waals surface area contributed by atoms with Crippen LogP contribution in [0.4, 0.5) is 0 Å². The van der Waals surface area contributed by atoms with Crippen LogP contribution in [0, 0.1) is 0 Å². The van der Waals surface area contributed by atoms with Gasteiger partial charge in [-0.25, -0.2) is 0 Å². The van der Waals surface area contributed by atoms with Crippen molar-refractivity contribution in [2.24, 2.45) is 0 Å². The molecule has 0 unspecified atom stereocenters. The first-order valence-electron chi connectivity index (χ1n) is 3.86. The second kappa shape index (κ2) is 8.28. The van der Waals surface area contributed by atoms with Gasteiger partial charge in [0.25, 0.3) is 0 Å². The van der Waals surface area contributed by atoms with Gasteiger partial charge in [-0.15, -0.1) is 0 Å². The van der Waals surface area contributed by atoms with Crippen LogP contribution >= 0.6 is 0 Å². The summed E-state index contributed by atoms with van der Waals surface area (Å²) in [6.45, 7) is 1.96. The third-order valence-corrected chi connectivity index (χ3v) is 1.25. The second-order valence-corrected chi connectivity index (χ2v) is 2.20. The van der Waals surface area contributed by atoms with Gasteiger partial charge < -0.3 is 5.11 Å². The summed E-state index contributed by atoms with van der Waals surface area (Å²) < 4.78 is 0. The highest BCUT2D eigenvalue weighted by molar-refractivity contribution is 4.88. The Kier molecular flexibility index (Phi) is 7.68. The molecule has 1 heteroatoms. The van der Waals surface area contributed by atoms with Crippen molar-refractivity contribution in [2.75, 3.05) is 0 Å². The summed E-state index contributed by atoms with van der Waals surface area (Å²) in [5, 5.41) is 7.89. The molecule has 58 valence electrons. The van der Waals surface area contributed by atoms with E-state index in [1.165, 1.54) is 19.3 Å². The lowest BCUT2D eigenvalue weighted by atomic mass is 10.4. The lowest BCUT2D eigenvalue weighted by molar-refractivity contribution is 0.471. The molecular weight excluding hydrogens is 124 g/mol. The van der Waals surface area contributed by atoms with E-state index in [0.717, 1.165) is 12.7 Å². The van der Waals surface area contributed by atoms with Crippen LogP contribution in [0.3, 0.4) is 0 Å². The van der Waals surface area contributed by atoms with Crippen LogP contribution < -0.4 is 0 Å². The maximum atomic E-state index is 7.89. The highest BCUT2D eigenvalue weighted by Gasteiger charge is 1.84. The minimum Gasteiger partial charge on any atom is -0.516 e. The molecule has 1 rings (SSSR count). The summed E-state index contributed by atoms with van der Waals surface area (Å²) in [6, 6.07) is 0. The van der Waals surface area contributed by atoms with Gasteiger partial charge in [-0.05, 0) is 25.7 Å². The van der Waals surface area contributed by atoms with Crippen molar-refractivity contribution in [1.29, 1.82) is 0 Å². The molecule has 0 aromatic heterocycles. The molecule has 0 saturated heterocycles. The molecule has 1 N–H and O–H groups in total. The fraction of sp³-hybridized carbons (Fsp3) is 0.556. The molecule has 0 atom stereocenters. The van der Waals surface area contributed by atoms with Crippen molar-refractivity contribution < 1.29 is 5.11 Å². The Morgan fingerprint density at radius 2 is 2.00 bits per heavy atom. The van der Waals surface area contributed by atoms with Gasteiger partial charge in [-0.1, -0.05) is 25.2 Å². The predicted octanol–water partition coefficient (Wildman–Crippen LogP) is 3.19. The Hall–Kier alpha value is -0.720. The first kappa shape index (κ1) is 9.28. The number of hydrogen-bond donors (Lipinski definition) is 1. The molecule has 0 aromatic carbocycles. The fourth-order valence-electron chi connectivity index (χ4n) is 0.695. The third kappa shape index (κ3) is 7.28. The average molecular weight is 140 g/mol. The van der Waals surface area contributed by atoms with Crippen molar-refractivity contribution in [1.82, 2.24) is 0 Å². The Balaban J connectivity index is 0.000000162. The van der Waals surface area contributed by atoms with E-state index in [1.807, 2.05) is 6.92 Å². The van der Waals surface area contributed by atoms with Crippen LogP contribution in [0.25, 0.3) is 0 Å². The number of aliphatic hydroxyl groups is 1. The maximum absolute atomic E-state index is 7.89. The van der Waals surface area contributed by atoms with Crippen LogP contribution in [0.15, 0.2) is 24.5 Å². The molecular formula is C9H16O. The van der Waals surface area contributed by atoms with E-state index in [0.29, 0.717) is 0 Å². The molecule has 1 nitrogen and oxygen atoms in total. The largest absolute Gasteiger partial charge is 0.516 e. The van der Waals surface area contributed by atoms with E-state index in [4.69, 9.17) is 5.11 Å². The van der Waals surface area contributed by atoms with Crippen LogP contribution in [-0.2, 0) is 0 Å². The zero-order valence-corrected chi connectivity index (χ0v) is 6.59. The normalized spacial score (nSPS) is 15.3. The van der Waals surface area contributed by atoms with Gasteiger partial charge in [0.15, 0.2) is 0 Å². The Morgan fingerprint density at radius 1 is 1.40 bits per heavy atom. The first-order valence-corrected chi connectivity index (χ1v) is 3.86. The Labute approximate surface area is 63.1 Å². The van der Waals surface area contributed by atoms with Gasteiger partial charge in [0.1, 0.15) is 0 Å². The topological polar surface area (TPSA) is 20.2 Å². The molecule has 0 fully saturated rings. The number of hydrogen-bond acceptors (Lipinski definition) is 1. The van der Waals surface area contributed by atoms with Crippen LogP contribution in [0.2, 0.25) is 0 Å². The molecule has 0 saturated carbocycles. The standard InChI is InChI=1S/C5H8.C4H8O/c1-2-4-5-3-1;1-2-3-4-5/h1-2H,3-5H2;3-5H,2H2,1H3/b;4-3+. The van der Waals surface area contributed by atoms with E-state index in [-0.39, 0.29) is 0 Å². The molecule has 10 heavy (non-hydrogen) atoms. The minimum atomic E-state index is 0.913. The zero-order chi connectivity index (χ0) is 7.66. The monoisotopic (exact) mass is 140 g/mol. The molecule has 0 bridgehead atoms. The molecule has 1 aliphatic rings. The summed E-state index contributed by atoms with van der Waals surface area (Å²) in [5.74, 6) is 0. The van der Waals surface area contributed by atoms with Gasteiger partial charge in [0.2, 0.25) is 0 Å². The molecule has 0 aromatic rings. The van der Waals surface area contributed by atoms with Crippen molar-refractivity contribution in [3.63, 3.8) is 0 Å². The van der Waals surface area contributed by atoms with Gasteiger partial charge in [0, 0.05) is 0 Å². The molecule has 0 heterocycles. The van der Waals surface area contributed by atoms with E-state index >= 15 is 0 Å². The van der Waals surface area contributed by atoms with Gasteiger partial charge in [-0.2, -0.15) is 0 Å². The summed E-state index contributed by atoms with van der Waals surface area (Å²) in [4.78, 5) is 0. The summed E-state index contributed by atoms with van der Waals surface area (Å²) in [7, 11) is 0. The van der Waals surface area contributed by atoms with Crippen LogP contribution in [-0.4, -0.2) is 5.11 Å². The zero-order valence-electron chi connectivity index (χ0n) is 6.59. The number of allylic oxidation sites excluding steroid dienone is 3. The quantitative estimate of drug-likeness (QED) is 0.438. The maximum Gasteiger partial charge on any atom is 0.0751 e. The lowest BCUT2D eigenvalue weighted by Gasteiger charge is -1.69. The Morgan fingerprint density at radius 3 is 2.10 bits per heavy atom. The number of aliphatic hydroxyl groups excluding tert-OH is 1. The van der Waals surface area contributed by atoms with Gasteiger partial charge >= 0.3 is 0 Å². The van der Waals surface area contributed by atoms with Gasteiger partial charge in [-0.3, -0.25) is 0 Å². The first-order chi connectivity index (χ1) is 4.91. The van der Waals surface area contributed by atoms with Crippen LogP contribution in [0.1, 0.15) is 32.6 Å². The van der Waals surface area contributed by atoms with Crippen molar-refractivity contribution in [3.05, 3.63) is 24.5 Å². The second-order valence-electron chi connectivity index (χ2n) is 2.20. The molecule has 1 aliphatic carbocycles. The minimum absolute atomic E-state index is 0.913. The predicted molar refractivity (Wildman–Crippen MR) is 45.1 cm³/mol. The van der Waals surface area contributed by atoms with Crippen LogP contribution in [0.5, 0.6) is 0 Å². The summed E-state index contributed by atoms with van der Waals surface area (Å²) in [5.41, 5.74) is 0. The Bertz CT molecular complexity index is 97.3. The number of rotatable bonds is 1. The van der Waals surface area contributed by atoms with E-state index in [2.05, 4.69) is 12.2 Å². The molecule has 0 spiro atoms. The highest BCUT2D eigenvalue weighted by atomic mass is 16.2. The van der Waals surface area contributed by atoms with E-state index in [9.17, 15) is 0 Å². The molecule has 0 radical (unpaired) electrons. The SMILES string of the molecule is C1=CCCC1.CC/C=C/O. The van der Waals surface area contributed by atoms with E-state index in [1.54, 1.807) is 6.08 Å². The summed E-state index contributed by atoms with van der Waals surface area (Å²) >= 11 is 0.